The monoisotopic (exact) mass is 390 g/mol. The van der Waals surface area contributed by atoms with Crippen molar-refractivity contribution >= 4 is 34.7 Å². The number of ketones is 1. The Balaban J connectivity index is 1.94. The van der Waals surface area contributed by atoms with E-state index >= 15 is 0 Å². The number of Topliss-reactive ketones (excluding diaryl/α,β-unsaturated/α-hetero) is 1. The lowest BCUT2D eigenvalue weighted by Crippen LogP contribution is -2.29. The third-order valence-corrected chi connectivity index (χ3v) is 4.85. The van der Waals surface area contributed by atoms with Crippen molar-refractivity contribution in [3.05, 3.63) is 101 Å². The smallest absolute Gasteiger partial charge is 0.300 e. The minimum Gasteiger partial charge on any atom is -0.507 e. The van der Waals surface area contributed by atoms with E-state index in [0.717, 1.165) is 0 Å². The van der Waals surface area contributed by atoms with Crippen LogP contribution in [0.15, 0.2) is 84.7 Å². The zero-order valence-corrected chi connectivity index (χ0v) is 15.4. The van der Waals surface area contributed by atoms with Gasteiger partial charge < -0.3 is 5.11 Å². The van der Waals surface area contributed by atoms with Gasteiger partial charge in [0.2, 0.25) is 0 Å². The number of aromatic nitrogens is 1. The Morgan fingerprint density at radius 1 is 0.964 bits per heavy atom. The van der Waals surface area contributed by atoms with Crippen LogP contribution < -0.4 is 4.90 Å². The van der Waals surface area contributed by atoms with Gasteiger partial charge in [0.15, 0.2) is 0 Å². The molecular weight excluding hydrogens is 376 g/mol. The van der Waals surface area contributed by atoms with Crippen LogP contribution in [0, 0.1) is 0 Å². The van der Waals surface area contributed by atoms with Crippen molar-refractivity contribution in [2.45, 2.75) is 6.04 Å². The summed E-state index contributed by atoms with van der Waals surface area (Å²) >= 11 is 5.97. The van der Waals surface area contributed by atoms with Gasteiger partial charge in [-0.15, -0.1) is 0 Å². The van der Waals surface area contributed by atoms with Crippen LogP contribution in [-0.2, 0) is 9.59 Å². The molecule has 5 nitrogen and oxygen atoms in total. The second-order valence-electron chi connectivity index (χ2n) is 6.30. The molecule has 1 N–H and O–H groups in total. The quantitative estimate of drug-likeness (QED) is 0.410. The van der Waals surface area contributed by atoms with Gasteiger partial charge in [0.1, 0.15) is 5.76 Å². The number of hydrogen-bond acceptors (Lipinski definition) is 4. The zero-order valence-electron chi connectivity index (χ0n) is 14.6. The first kappa shape index (κ1) is 17.9. The maximum absolute atomic E-state index is 12.9. The van der Waals surface area contributed by atoms with Crippen molar-refractivity contribution < 1.29 is 14.7 Å². The summed E-state index contributed by atoms with van der Waals surface area (Å²) < 4.78 is 0. The van der Waals surface area contributed by atoms with Crippen molar-refractivity contribution in [3.63, 3.8) is 0 Å². The molecule has 28 heavy (non-hydrogen) atoms. The van der Waals surface area contributed by atoms with Crippen LogP contribution in [0.4, 0.5) is 5.69 Å². The first-order chi connectivity index (χ1) is 13.6. The van der Waals surface area contributed by atoms with Crippen molar-refractivity contribution in [3.8, 4) is 0 Å². The maximum Gasteiger partial charge on any atom is 0.300 e. The number of nitrogens with zero attached hydrogens (tertiary/aromatic N) is 2. The predicted molar refractivity (Wildman–Crippen MR) is 107 cm³/mol. The van der Waals surface area contributed by atoms with E-state index in [2.05, 4.69) is 4.98 Å². The Labute approximate surface area is 166 Å². The molecule has 4 rings (SSSR count). The number of carbonyl (C=O) groups excluding carboxylic acids is 2. The molecule has 1 aromatic heterocycles. The summed E-state index contributed by atoms with van der Waals surface area (Å²) in [4.78, 5) is 31.3. The van der Waals surface area contributed by atoms with Gasteiger partial charge >= 0.3 is 0 Å². The van der Waals surface area contributed by atoms with Gasteiger partial charge in [0.05, 0.1) is 11.6 Å². The van der Waals surface area contributed by atoms with E-state index in [1.54, 1.807) is 73.1 Å². The Kier molecular flexibility index (Phi) is 4.67. The topological polar surface area (TPSA) is 70.5 Å². The molecule has 2 aromatic carbocycles. The molecule has 1 aliphatic heterocycles. The molecule has 1 amide bonds. The van der Waals surface area contributed by atoms with E-state index in [0.29, 0.717) is 21.8 Å². The Hall–Kier alpha value is -3.44. The minimum absolute atomic E-state index is 0.0270. The third-order valence-electron chi connectivity index (χ3n) is 4.60. The lowest BCUT2D eigenvalue weighted by atomic mass is 9.96. The average molecular weight is 391 g/mol. The van der Waals surface area contributed by atoms with Crippen molar-refractivity contribution in [2.75, 3.05) is 4.90 Å². The Morgan fingerprint density at radius 2 is 1.68 bits per heavy atom. The van der Waals surface area contributed by atoms with Gasteiger partial charge in [-0.2, -0.15) is 0 Å². The molecule has 2 heterocycles. The van der Waals surface area contributed by atoms with Crippen LogP contribution >= 0.6 is 11.6 Å². The molecule has 1 aliphatic rings. The fourth-order valence-corrected chi connectivity index (χ4v) is 3.43. The van der Waals surface area contributed by atoms with E-state index < -0.39 is 17.7 Å². The van der Waals surface area contributed by atoms with Gasteiger partial charge in [-0.3, -0.25) is 19.5 Å². The summed E-state index contributed by atoms with van der Waals surface area (Å²) in [6, 6.07) is 18.0. The van der Waals surface area contributed by atoms with Gasteiger partial charge in [0, 0.05) is 28.7 Å². The lowest BCUT2D eigenvalue weighted by molar-refractivity contribution is -0.132. The van der Waals surface area contributed by atoms with E-state index in [4.69, 9.17) is 11.6 Å². The Bertz CT molecular complexity index is 1060. The number of anilines is 1. The molecule has 1 saturated heterocycles. The van der Waals surface area contributed by atoms with Gasteiger partial charge in [-0.05, 0) is 35.9 Å². The summed E-state index contributed by atoms with van der Waals surface area (Å²) in [5.74, 6) is -1.68. The van der Waals surface area contributed by atoms with Crippen LogP contribution in [0.25, 0.3) is 5.76 Å². The van der Waals surface area contributed by atoms with E-state index in [-0.39, 0.29) is 11.3 Å². The number of amides is 1. The van der Waals surface area contributed by atoms with Crippen molar-refractivity contribution in [1.29, 1.82) is 0 Å². The van der Waals surface area contributed by atoms with Crippen LogP contribution in [0.1, 0.15) is 17.2 Å². The van der Waals surface area contributed by atoms with Crippen LogP contribution in [0.3, 0.4) is 0 Å². The molecule has 1 fully saturated rings. The summed E-state index contributed by atoms with van der Waals surface area (Å²) in [6.07, 6.45) is 3.19. The summed E-state index contributed by atoms with van der Waals surface area (Å²) in [5.41, 5.74) is 1.62. The highest BCUT2D eigenvalue weighted by molar-refractivity contribution is 6.51. The molecule has 0 spiro atoms. The standard InChI is InChI=1S/C22H15ClN2O3/c23-16-8-10-17(11-9-16)25-19(15-7-4-12-24-13-15)18(21(27)22(25)28)20(26)14-5-2-1-3-6-14/h1-13,19,26H/b20-18-. The molecule has 0 bridgehead atoms. The first-order valence-corrected chi connectivity index (χ1v) is 8.97. The van der Waals surface area contributed by atoms with Crippen LogP contribution in [0.5, 0.6) is 0 Å². The molecule has 138 valence electrons. The van der Waals surface area contributed by atoms with Gasteiger partial charge in [-0.1, -0.05) is 48.0 Å². The fraction of sp³-hybridized carbons (Fsp3) is 0.0455. The Morgan fingerprint density at radius 3 is 2.32 bits per heavy atom. The van der Waals surface area contributed by atoms with Crippen LogP contribution in [-0.4, -0.2) is 21.8 Å². The number of benzene rings is 2. The number of rotatable bonds is 3. The highest BCUT2D eigenvalue weighted by atomic mass is 35.5. The van der Waals surface area contributed by atoms with Gasteiger partial charge in [0.25, 0.3) is 11.7 Å². The fourth-order valence-electron chi connectivity index (χ4n) is 3.31. The van der Waals surface area contributed by atoms with E-state index in [1.807, 2.05) is 6.07 Å². The number of aliphatic hydroxyl groups excluding tert-OH is 1. The summed E-state index contributed by atoms with van der Waals surface area (Å²) in [6.45, 7) is 0. The normalized spacial score (nSPS) is 18.5. The highest BCUT2D eigenvalue weighted by Crippen LogP contribution is 2.41. The second kappa shape index (κ2) is 7.29. The SMILES string of the molecule is O=C1C(=O)N(c2ccc(Cl)cc2)C(c2cccnc2)/C1=C(/O)c1ccccc1. The first-order valence-electron chi connectivity index (χ1n) is 8.60. The number of halogens is 1. The zero-order chi connectivity index (χ0) is 19.7. The number of carbonyl (C=O) groups is 2. The minimum atomic E-state index is -0.796. The number of pyridine rings is 1. The van der Waals surface area contributed by atoms with Gasteiger partial charge in [-0.25, -0.2) is 0 Å². The van der Waals surface area contributed by atoms with Crippen molar-refractivity contribution in [2.24, 2.45) is 0 Å². The lowest BCUT2D eigenvalue weighted by Gasteiger charge is -2.25. The average Bonchev–Trinajstić information content (AvgIpc) is 3.00. The molecular formula is C22H15ClN2O3. The predicted octanol–water partition coefficient (Wildman–Crippen LogP) is 4.36. The largest absolute Gasteiger partial charge is 0.507 e. The number of hydrogen-bond donors (Lipinski definition) is 1. The molecule has 0 saturated carbocycles. The van der Waals surface area contributed by atoms with Crippen LogP contribution in [0.2, 0.25) is 5.02 Å². The molecule has 0 radical (unpaired) electrons. The van der Waals surface area contributed by atoms with E-state index in [9.17, 15) is 14.7 Å². The third kappa shape index (κ3) is 3.06. The second-order valence-corrected chi connectivity index (χ2v) is 6.73. The summed E-state index contributed by atoms with van der Waals surface area (Å²) in [7, 11) is 0. The van der Waals surface area contributed by atoms with Crippen molar-refractivity contribution in [1.82, 2.24) is 4.98 Å². The summed E-state index contributed by atoms with van der Waals surface area (Å²) in [5, 5.41) is 11.4. The molecule has 1 atom stereocenters. The molecule has 3 aromatic rings. The maximum atomic E-state index is 12.9. The molecule has 1 unspecified atom stereocenters. The molecule has 0 aliphatic carbocycles. The molecule has 6 heteroatoms. The highest BCUT2D eigenvalue weighted by Gasteiger charge is 2.47. The number of aliphatic hydroxyl groups is 1. The van der Waals surface area contributed by atoms with E-state index in [1.165, 1.54) is 4.90 Å².